The van der Waals surface area contributed by atoms with E-state index >= 15 is 0 Å². The Labute approximate surface area is 62.1 Å². The maximum Gasteiger partial charge on any atom is 0.381 e. The van der Waals surface area contributed by atoms with Crippen molar-refractivity contribution in [2.45, 2.75) is 6.11 Å². The van der Waals surface area contributed by atoms with E-state index in [9.17, 15) is 30.7 Å². The van der Waals surface area contributed by atoms with Crippen LogP contribution in [0.1, 0.15) is 0 Å². The molecule has 0 bridgehead atoms. The zero-order valence-electron chi connectivity index (χ0n) is 5.30. The van der Waals surface area contributed by atoms with Crippen molar-refractivity contribution >= 4 is 0 Å². The lowest BCUT2D eigenvalue weighted by atomic mass is 10.7. The van der Waals surface area contributed by atoms with Crippen LogP contribution >= 0.6 is 0 Å². The lowest BCUT2D eigenvalue weighted by Gasteiger charge is -1.97. The van der Waals surface area contributed by atoms with Crippen molar-refractivity contribution in [3.05, 3.63) is 12.2 Å². The van der Waals surface area contributed by atoms with Crippen LogP contribution < -0.4 is 0 Å². The number of hydrogen-bond acceptors (Lipinski definition) is 1. The molecule has 1 N–H and O–H groups in total. The van der Waals surface area contributed by atoms with Gasteiger partial charge >= 0.3 is 18.3 Å². The van der Waals surface area contributed by atoms with Crippen LogP contribution in [0.5, 0.6) is 0 Å². The lowest BCUT2D eigenvalue weighted by molar-refractivity contribution is -0.208. The van der Waals surface area contributed by atoms with Gasteiger partial charge in [0, 0.05) is 0 Å². The third-order valence-corrected chi connectivity index (χ3v) is 0.304. The monoisotopic (exact) mass is 200 g/mol. The lowest BCUT2D eigenvalue weighted by Crippen LogP contribution is -2.15. The molecule has 12 heavy (non-hydrogen) atoms. The zero-order valence-corrected chi connectivity index (χ0v) is 5.30. The molecule has 74 valence electrons. The largest absolute Gasteiger partial charge is 0.381 e. The van der Waals surface area contributed by atoms with E-state index < -0.39 is 24.9 Å². The maximum absolute atomic E-state index is 10.6. The van der Waals surface area contributed by atoms with Crippen molar-refractivity contribution in [2.75, 3.05) is 6.67 Å². The molecule has 0 amide bonds. The van der Waals surface area contributed by atoms with Crippen molar-refractivity contribution in [3.8, 4) is 0 Å². The van der Waals surface area contributed by atoms with E-state index in [4.69, 9.17) is 5.11 Å². The first-order chi connectivity index (χ1) is 5.20. The first-order valence-corrected chi connectivity index (χ1v) is 2.23. The number of halogens is 7. The van der Waals surface area contributed by atoms with E-state index in [0.29, 0.717) is 0 Å². The quantitative estimate of drug-likeness (QED) is 0.644. The summed E-state index contributed by atoms with van der Waals surface area (Å²) in [6.45, 7) is -2.01. The van der Waals surface area contributed by atoms with E-state index in [2.05, 4.69) is 0 Å². The van der Waals surface area contributed by atoms with Crippen LogP contribution in [0.3, 0.4) is 0 Å². The van der Waals surface area contributed by atoms with Gasteiger partial charge in [-0.15, -0.1) is 0 Å². The molecule has 0 saturated heterocycles. The van der Waals surface area contributed by atoms with Crippen molar-refractivity contribution in [2.24, 2.45) is 0 Å². The molecule has 0 spiro atoms. The van der Waals surface area contributed by atoms with Gasteiger partial charge < -0.3 is 5.11 Å². The Morgan fingerprint density at radius 2 is 1.17 bits per heavy atom. The van der Waals surface area contributed by atoms with Gasteiger partial charge in [-0.05, 0) is 0 Å². The fourth-order valence-corrected chi connectivity index (χ4v) is 0. The van der Waals surface area contributed by atoms with Gasteiger partial charge in [-0.1, -0.05) is 0 Å². The van der Waals surface area contributed by atoms with Gasteiger partial charge in [0.25, 0.3) is 0 Å². The average Bonchev–Trinajstić information content (AvgIpc) is 1.87. The molecule has 0 saturated carbocycles. The minimum Gasteiger partial charge on any atom is -0.334 e. The fraction of sp³-hybridized carbons (Fsp3) is 0.500. The van der Waals surface area contributed by atoms with Crippen LogP contribution in [0.2, 0.25) is 0 Å². The summed E-state index contributed by atoms with van der Waals surface area (Å²) in [5.41, 5.74) is 0. The summed E-state index contributed by atoms with van der Waals surface area (Å²) in [7, 11) is 0. The van der Waals surface area contributed by atoms with Gasteiger partial charge in [0.2, 0.25) is 0 Å². The van der Waals surface area contributed by atoms with Crippen LogP contribution in [0.25, 0.3) is 0 Å². The highest BCUT2D eigenvalue weighted by molar-refractivity contribution is 4.77. The minimum atomic E-state index is -4.12. The second kappa shape index (κ2) is 5.81. The number of aliphatic hydroxyl groups is 1. The molecule has 0 atom stereocenters. The molecule has 0 aliphatic rings. The number of rotatable bonds is 1. The fourth-order valence-electron chi connectivity index (χ4n) is 0. The second-order valence-corrected chi connectivity index (χ2v) is 1.32. The first-order valence-electron chi connectivity index (χ1n) is 2.23. The van der Waals surface area contributed by atoms with E-state index in [0.717, 1.165) is 0 Å². The average molecular weight is 200 g/mol. The Morgan fingerprint density at radius 1 is 1.00 bits per heavy atom. The first kappa shape index (κ1) is 13.8. The van der Waals surface area contributed by atoms with E-state index in [1.54, 1.807) is 0 Å². The van der Waals surface area contributed by atoms with E-state index in [-0.39, 0.29) is 0 Å². The van der Waals surface area contributed by atoms with Gasteiger partial charge in [-0.25, -0.2) is 4.39 Å². The summed E-state index contributed by atoms with van der Waals surface area (Å²) in [5.74, 6) is 0. The number of hydrogen-bond donors (Lipinski definition) is 1. The highest BCUT2D eigenvalue weighted by atomic mass is 19.3. The third kappa shape index (κ3) is 16.1. The molecule has 0 aliphatic heterocycles. The molecule has 8 heteroatoms. The van der Waals surface area contributed by atoms with Gasteiger partial charge in [-0.2, -0.15) is 26.3 Å². The molecular weight excluding hydrogens is 197 g/mol. The molecule has 0 radical (unpaired) electrons. The van der Waals surface area contributed by atoms with Crippen molar-refractivity contribution in [1.82, 2.24) is 0 Å². The SMILES string of the molecule is FC(F)=C(F)F.OC(F)(F)CF. The summed E-state index contributed by atoms with van der Waals surface area (Å²) in [6.07, 6.45) is -9.94. The van der Waals surface area contributed by atoms with Crippen LogP contribution in [-0.4, -0.2) is 17.9 Å². The molecular formula is C4H3F7O. The second-order valence-electron chi connectivity index (χ2n) is 1.32. The molecule has 0 heterocycles. The molecule has 1 nitrogen and oxygen atoms in total. The highest BCUT2D eigenvalue weighted by Crippen LogP contribution is 2.08. The molecule has 0 fully saturated rings. The standard InChI is InChI=1S/C2F4.C2H3F3O/c3-1(4)2(5)6;3-1-2(4,5)6/h;6H,1H2. The summed E-state index contributed by atoms with van der Waals surface area (Å²) in [5, 5.41) is 7.12. The van der Waals surface area contributed by atoms with Crippen molar-refractivity contribution in [1.29, 1.82) is 0 Å². The summed E-state index contributed by atoms with van der Waals surface area (Å²) in [6, 6.07) is 0. The minimum absolute atomic E-state index is 2.01. The summed E-state index contributed by atoms with van der Waals surface area (Å²) in [4.78, 5) is 0. The third-order valence-electron chi connectivity index (χ3n) is 0.304. The van der Waals surface area contributed by atoms with Gasteiger partial charge in [0.05, 0.1) is 0 Å². The smallest absolute Gasteiger partial charge is 0.334 e. The molecule has 0 aromatic rings. The van der Waals surface area contributed by atoms with Crippen molar-refractivity contribution < 1.29 is 35.8 Å². The van der Waals surface area contributed by atoms with Crippen LogP contribution in [-0.2, 0) is 0 Å². The highest BCUT2D eigenvalue weighted by Gasteiger charge is 2.22. The molecule has 0 rings (SSSR count). The normalized spacial score (nSPS) is 10.0. The molecule has 0 aromatic heterocycles. The van der Waals surface area contributed by atoms with E-state index in [1.807, 2.05) is 0 Å². The Morgan fingerprint density at radius 3 is 1.17 bits per heavy atom. The van der Waals surface area contributed by atoms with Crippen LogP contribution in [0, 0.1) is 0 Å². The van der Waals surface area contributed by atoms with Crippen molar-refractivity contribution in [3.63, 3.8) is 0 Å². The van der Waals surface area contributed by atoms with Gasteiger partial charge in [-0.3, -0.25) is 0 Å². The molecule has 0 aliphatic carbocycles. The van der Waals surface area contributed by atoms with Crippen LogP contribution in [0.15, 0.2) is 12.2 Å². The number of alkyl halides is 3. The summed E-state index contributed by atoms with van der Waals surface area (Å²) >= 11 is 0. The predicted octanol–water partition coefficient (Wildman–Crippen LogP) is 2.53. The maximum atomic E-state index is 10.6. The van der Waals surface area contributed by atoms with E-state index in [1.165, 1.54) is 0 Å². The molecule has 0 unspecified atom stereocenters. The Bertz CT molecular complexity index is 130. The Balaban J connectivity index is 0. The Hall–Kier alpha value is -0.790. The Kier molecular flexibility index (Phi) is 6.67. The topological polar surface area (TPSA) is 20.2 Å². The van der Waals surface area contributed by atoms with Gasteiger partial charge in [0.15, 0.2) is 6.67 Å². The predicted molar refractivity (Wildman–Crippen MR) is 24.6 cm³/mol. The zero-order chi connectivity index (χ0) is 10.4. The molecule has 0 aromatic carbocycles. The van der Waals surface area contributed by atoms with Gasteiger partial charge in [0.1, 0.15) is 0 Å². The summed E-state index contributed by atoms with van der Waals surface area (Å²) < 4.78 is 72.9. The van der Waals surface area contributed by atoms with Crippen LogP contribution in [0.4, 0.5) is 30.7 Å².